The van der Waals surface area contributed by atoms with Crippen molar-refractivity contribution in [2.45, 2.75) is 59.3 Å². The van der Waals surface area contributed by atoms with Gasteiger partial charge in [0.15, 0.2) is 11.6 Å². The minimum absolute atomic E-state index is 0.157. The van der Waals surface area contributed by atoms with E-state index >= 15 is 0 Å². The zero-order valence-electron chi connectivity index (χ0n) is 17.0. The summed E-state index contributed by atoms with van der Waals surface area (Å²) < 4.78 is 33.6. The number of hydrogen-bond donors (Lipinski definition) is 0. The Morgan fingerprint density at radius 3 is 2.30 bits per heavy atom. The summed E-state index contributed by atoms with van der Waals surface area (Å²) in [5.41, 5.74) is 4.73. The summed E-state index contributed by atoms with van der Waals surface area (Å²) in [4.78, 5) is 0. The maximum Gasteiger partial charge on any atom is 0.165 e. The molecule has 1 aliphatic carbocycles. The maximum absolute atomic E-state index is 14.3. The van der Waals surface area contributed by atoms with Crippen LogP contribution >= 0.6 is 0 Å². The molecule has 1 unspecified atom stereocenters. The van der Waals surface area contributed by atoms with E-state index in [1.165, 1.54) is 7.11 Å². The standard InChI is InChI=1S/C22H24F2O.C2H6/c1-4-6-16-10-18-9-14(5-2)20(23)11-15(18)7-8-17-12-22(25-3)21(24)13-19(16)17;1-2/h7-9,11-13,16H,4-6,10H2,1-3H3;1-2H3/b8-7-;. The molecule has 1 aliphatic rings. The van der Waals surface area contributed by atoms with Crippen LogP contribution in [0, 0.1) is 11.6 Å². The summed E-state index contributed by atoms with van der Waals surface area (Å²) in [6.45, 7) is 8.10. The van der Waals surface area contributed by atoms with Crippen molar-refractivity contribution in [1.82, 2.24) is 0 Å². The Morgan fingerprint density at radius 2 is 1.67 bits per heavy atom. The van der Waals surface area contributed by atoms with Gasteiger partial charge in [0.1, 0.15) is 5.82 Å². The molecule has 1 atom stereocenters. The lowest BCUT2D eigenvalue weighted by Gasteiger charge is -2.24. The Kier molecular flexibility index (Phi) is 7.58. The van der Waals surface area contributed by atoms with Gasteiger partial charge in [-0.2, -0.15) is 0 Å². The summed E-state index contributed by atoms with van der Waals surface area (Å²) in [7, 11) is 1.47. The predicted molar refractivity (Wildman–Crippen MR) is 110 cm³/mol. The summed E-state index contributed by atoms with van der Waals surface area (Å²) in [5.74, 6) is -0.0356. The molecule has 1 nitrogen and oxygen atoms in total. The summed E-state index contributed by atoms with van der Waals surface area (Å²) in [5, 5.41) is 0. The normalized spacial score (nSPS) is 16.2. The molecule has 0 fully saturated rings. The number of fused-ring (bicyclic) bond motifs is 2. The molecule has 0 saturated carbocycles. The zero-order chi connectivity index (χ0) is 20.0. The second kappa shape index (κ2) is 9.68. The second-order valence-corrected chi connectivity index (χ2v) is 6.63. The first kappa shape index (κ1) is 21.1. The van der Waals surface area contributed by atoms with E-state index in [4.69, 9.17) is 4.74 Å². The molecule has 0 heterocycles. The Labute approximate surface area is 162 Å². The minimum atomic E-state index is -0.329. The molecule has 2 aromatic carbocycles. The molecule has 0 radical (unpaired) electrons. The average Bonchev–Trinajstić information content (AvgIpc) is 2.68. The van der Waals surface area contributed by atoms with Gasteiger partial charge in [-0.25, -0.2) is 8.78 Å². The van der Waals surface area contributed by atoms with Crippen molar-refractivity contribution in [2.24, 2.45) is 0 Å². The first-order valence-electron chi connectivity index (χ1n) is 9.94. The summed E-state index contributed by atoms with van der Waals surface area (Å²) >= 11 is 0. The van der Waals surface area contributed by atoms with Gasteiger partial charge in [0, 0.05) is 0 Å². The predicted octanol–water partition coefficient (Wildman–Crippen LogP) is 7.17. The molecule has 146 valence electrons. The fourth-order valence-corrected chi connectivity index (χ4v) is 3.69. The molecule has 27 heavy (non-hydrogen) atoms. The van der Waals surface area contributed by atoms with Gasteiger partial charge >= 0.3 is 0 Å². The third kappa shape index (κ3) is 4.58. The number of ether oxygens (including phenoxy) is 1. The van der Waals surface area contributed by atoms with Crippen LogP contribution in [0.1, 0.15) is 74.3 Å². The number of hydrogen-bond acceptors (Lipinski definition) is 1. The molecular formula is C24H30F2O. The van der Waals surface area contributed by atoms with Gasteiger partial charge in [-0.1, -0.05) is 52.3 Å². The van der Waals surface area contributed by atoms with E-state index in [9.17, 15) is 8.78 Å². The van der Waals surface area contributed by atoms with E-state index in [0.29, 0.717) is 6.42 Å². The molecule has 2 aromatic rings. The number of methoxy groups -OCH3 is 1. The number of aryl methyl sites for hydroxylation is 1. The van der Waals surface area contributed by atoms with Gasteiger partial charge in [0.25, 0.3) is 0 Å². The molecule has 3 heteroatoms. The fourth-order valence-electron chi connectivity index (χ4n) is 3.69. The van der Waals surface area contributed by atoms with E-state index in [0.717, 1.165) is 47.1 Å². The van der Waals surface area contributed by atoms with E-state index < -0.39 is 0 Å². The van der Waals surface area contributed by atoms with E-state index in [-0.39, 0.29) is 23.3 Å². The Balaban J connectivity index is 0.00000126. The van der Waals surface area contributed by atoms with Crippen LogP contribution in [-0.2, 0) is 12.8 Å². The van der Waals surface area contributed by atoms with Crippen LogP contribution in [0.2, 0.25) is 0 Å². The van der Waals surface area contributed by atoms with Gasteiger partial charge in [0.05, 0.1) is 7.11 Å². The van der Waals surface area contributed by atoms with Gasteiger partial charge in [-0.3, -0.25) is 0 Å². The smallest absolute Gasteiger partial charge is 0.165 e. The Hall–Kier alpha value is -2.16. The number of halogens is 2. The highest BCUT2D eigenvalue weighted by Crippen LogP contribution is 2.36. The molecule has 0 bridgehead atoms. The number of benzene rings is 2. The van der Waals surface area contributed by atoms with Crippen molar-refractivity contribution < 1.29 is 13.5 Å². The van der Waals surface area contributed by atoms with Crippen LogP contribution in [0.4, 0.5) is 8.78 Å². The highest BCUT2D eigenvalue weighted by atomic mass is 19.1. The second-order valence-electron chi connectivity index (χ2n) is 6.63. The first-order chi connectivity index (χ1) is 13.1. The minimum Gasteiger partial charge on any atom is -0.494 e. The molecular weight excluding hydrogens is 342 g/mol. The third-order valence-electron chi connectivity index (χ3n) is 5.03. The topological polar surface area (TPSA) is 9.23 Å². The van der Waals surface area contributed by atoms with Crippen LogP contribution < -0.4 is 4.74 Å². The highest BCUT2D eigenvalue weighted by Gasteiger charge is 2.21. The zero-order valence-corrected chi connectivity index (χ0v) is 17.0. The van der Waals surface area contributed by atoms with Crippen molar-refractivity contribution in [1.29, 1.82) is 0 Å². The Bertz CT molecular complexity index is 809. The lowest BCUT2D eigenvalue weighted by molar-refractivity contribution is 0.385. The van der Waals surface area contributed by atoms with Gasteiger partial charge in [-0.15, -0.1) is 0 Å². The molecule has 3 rings (SSSR count). The molecule has 0 saturated heterocycles. The van der Waals surface area contributed by atoms with Crippen LogP contribution in [0.25, 0.3) is 12.2 Å². The number of rotatable bonds is 4. The van der Waals surface area contributed by atoms with E-state index in [1.54, 1.807) is 18.2 Å². The van der Waals surface area contributed by atoms with Crippen LogP contribution in [0.15, 0.2) is 24.3 Å². The monoisotopic (exact) mass is 372 g/mol. The first-order valence-corrected chi connectivity index (χ1v) is 9.94. The fraction of sp³-hybridized carbons (Fsp3) is 0.417. The third-order valence-corrected chi connectivity index (χ3v) is 5.03. The molecule has 0 N–H and O–H groups in total. The van der Waals surface area contributed by atoms with Gasteiger partial charge < -0.3 is 4.74 Å². The van der Waals surface area contributed by atoms with E-state index in [1.807, 2.05) is 39.0 Å². The van der Waals surface area contributed by atoms with Crippen LogP contribution in [-0.4, -0.2) is 7.11 Å². The molecule has 0 aromatic heterocycles. The van der Waals surface area contributed by atoms with Crippen molar-refractivity contribution in [2.75, 3.05) is 7.11 Å². The molecule has 0 spiro atoms. The van der Waals surface area contributed by atoms with Crippen LogP contribution in [0.3, 0.4) is 0 Å². The van der Waals surface area contributed by atoms with Gasteiger partial charge in [-0.05, 0) is 71.2 Å². The SMILES string of the molecule is CC.CCCC1Cc2cc(CC)c(F)cc2/C=C\c2cc(OC)c(F)cc21. The largest absolute Gasteiger partial charge is 0.494 e. The quantitative estimate of drug-likeness (QED) is 0.552. The lowest BCUT2D eigenvalue weighted by atomic mass is 9.82. The van der Waals surface area contributed by atoms with E-state index in [2.05, 4.69) is 6.92 Å². The van der Waals surface area contributed by atoms with Crippen molar-refractivity contribution >= 4 is 12.2 Å². The average molecular weight is 372 g/mol. The lowest BCUT2D eigenvalue weighted by Crippen LogP contribution is -2.10. The molecule has 0 amide bonds. The van der Waals surface area contributed by atoms with Crippen molar-refractivity contribution in [3.8, 4) is 5.75 Å². The summed E-state index contributed by atoms with van der Waals surface area (Å²) in [6.07, 6.45) is 7.31. The van der Waals surface area contributed by atoms with Crippen LogP contribution in [0.5, 0.6) is 5.75 Å². The van der Waals surface area contributed by atoms with Gasteiger partial charge in [0.2, 0.25) is 0 Å². The summed E-state index contributed by atoms with van der Waals surface area (Å²) in [6, 6.07) is 6.95. The van der Waals surface area contributed by atoms with Crippen molar-refractivity contribution in [3.05, 3.63) is 63.7 Å². The highest BCUT2D eigenvalue weighted by molar-refractivity contribution is 5.75. The maximum atomic E-state index is 14.3. The molecule has 0 aliphatic heterocycles. The van der Waals surface area contributed by atoms with Crippen molar-refractivity contribution in [3.63, 3.8) is 0 Å². The Morgan fingerprint density at radius 1 is 0.963 bits per heavy atom.